The normalized spacial score (nSPS) is 16.5. The van der Waals surface area contributed by atoms with Crippen molar-refractivity contribution >= 4 is 5.96 Å². The van der Waals surface area contributed by atoms with Gasteiger partial charge in [-0.15, -0.1) is 0 Å². The van der Waals surface area contributed by atoms with Crippen LogP contribution < -0.4 is 10.6 Å². The molecule has 0 unspecified atom stereocenters. The molecule has 1 aliphatic rings. The maximum absolute atomic E-state index is 5.59. The van der Waals surface area contributed by atoms with E-state index in [9.17, 15) is 0 Å². The summed E-state index contributed by atoms with van der Waals surface area (Å²) >= 11 is 0. The number of hydrogen-bond donors (Lipinski definition) is 2. The summed E-state index contributed by atoms with van der Waals surface area (Å²) in [5.41, 5.74) is 0. The minimum atomic E-state index is 0.711. The van der Waals surface area contributed by atoms with Gasteiger partial charge in [0, 0.05) is 26.7 Å². The summed E-state index contributed by atoms with van der Waals surface area (Å²) in [5, 5.41) is 6.66. The fourth-order valence-electron chi connectivity index (χ4n) is 2.56. The Morgan fingerprint density at radius 3 is 2.50 bits per heavy atom. The first-order chi connectivity index (χ1) is 10.7. The molecule has 2 N–H and O–H groups in total. The SMILES string of the molecule is CN=C(NCCCCN1CCCC1)NCCOCCC(C)C. The quantitative estimate of drug-likeness (QED) is 0.348. The molecule has 1 aliphatic heterocycles. The maximum Gasteiger partial charge on any atom is 0.191 e. The molecular weight excluding hydrogens is 276 g/mol. The van der Waals surface area contributed by atoms with E-state index in [1.807, 2.05) is 7.05 Å². The second-order valence-corrected chi connectivity index (χ2v) is 6.48. The molecule has 5 nitrogen and oxygen atoms in total. The fourth-order valence-corrected chi connectivity index (χ4v) is 2.56. The van der Waals surface area contributed by atoms with Gasteiger partial charge in [-0.1, -0.05) is 13.8 Å². The van der Waals surface area contributed by atoms with E-state index in [2.05, 4.69) is 34.4 Å². The molecule has 1 rings (SSSR count). The highest BCUT2D eigenvalue weighted by Gasteiger charge is 2.09. The van der Waals surface area contributed by atoms with Crippen molar-refractivity contribution in [3.8, 4) is 0 Å². The minimum Gasteiger partial charge on any atom is -0.380 e. The van der Waals surface area contributed by atoms with E-state index in [-0.39, 0.29) is 0 Å². The highest BCUT2D eigenvalue weighted by molar-refractivity contribution is 5.79. The zero-order chi connectivity index (χ0) is 16.0. The first kappa shape index (κ1) is 19.2. The molecule has 0 amide bonds. The topological polar surface area (TPSA) is 48.9 Å². The average molecular weight is 313 g/mol. The maximum atomic E-state index is 5.59. The molecule has 0 aromatic rings. The van der Waals surface area contributed by atoms with Crippen molar-refractivity contribution in [2.45, 2.75) is 46.0 Å². The van der Waals surface area contributed by atoms with E-state index in [4.69, 9.17) is 4.74 Å². The molecule has 0 saturated carbocycles. The Kier molecular flexibility index (Phi) is 11.1. The molecule has 1 fully saturated rings. The second kappa shape index (κ2) is 12.7. The van der Waals surface area contributed by atoms with Gasteiger partial charge in [0.25, 0.3) is 0 Å². The number of aliphatic imine (C=N–C) groups is 1. The fraction of sp³-hybridized carbons (Fsp3) is 0.941. The van der Waals surface area contributed by atoms with E-state index in [1.165, 1.54) is 45.3 Å². The van der Waals surface area contributed by atoms with Crippen LogP contribution in [0.25, 0.3) is 0 Å². The number of ether oxygens (including phenoxy) is 1. The van der Waals surface area contributed by atoms with E-state index in [0.717, 1.165) is 38.7 Å². The summed E-state index contributed by atoms with van der Waals surface area (Å²) in [6.07, 6.45) is 6.36. The lowest BCUT2D eigenvalue weighted by Crippen LogP contribution is -2.39. The molecule has 0 atom stereocenters. The molecule has 0 aromatic heterocycles. The van der Waals surface area contributed by atoms with Crippen molar-refractivity contribution in [2.75, 3.05) is 53.0 Å². The number of nitrogens with zero attached hydrogens (tertiary/aromatic N) is 2. The average Bonchev–Trinajstić information content (AvgIpc) is 3.01. The highest BCUT2D eigenvalue weighted by Crippen LogP contribution is 2.07. The summed E-state index contributed by atoms with van der Waals surface area (Å²) in [7, 11) is 1.82. The molecule has 0 spiro atoms. The lowest BCUT2D eigenvalue weighted by Gasteiger charge is -2.15. The van der Waals surface area contributed by atoms with Crippen LogP contribution in [0.15, 0.2) is 4.99 Å². The van der Waals surface area contributed by atoms with Crippen LogP contribution in [-0.2, 0) is 4.74 Å². The molecule has 0 radical (unpaired) electrons. The van der Waals surface area contributed by atoms with Crippen LogP contribution >= 0.6 is 0 Å². The molecule has 0 aromatic carbocycles. The van der Waals surface area contributed by atoms with Gasteiger partial charge in [0.2, 0.25) is 0 Å². The van der Waals surface area contributed by atoms with Gasteiger partial charge in [-0.2, -0.15) is 0 Å². The van der Waals surface area contributed by atoms with Gasteiger partial charge >= 0.3 is 0 Å². The zero-order valence-corrected chi connectivity index (χ0v) is 14.9. The largest absolute Gasteiger partial charge is 0.380 e. The summed E-state index contributed by atoms with van der Waals surface area (Å²) < 4.78 is 5.59. The molecular formula is C17H36N4O. The van der Waals surface area contributed by atoms with Crippen molar-refractivity contribution in [2.24, 2.45) is 10.9 Å². The van der Waals surface area contributed by atoms with Crippen LogP contribution in [0.2, 0.25) is 0 Å². The van der Waals surface area contributed by atoms with Crippen LogP contribution in [0, 0.1) is 5.92 Å². The Bertz CT molecular complexity index is 288. The Hall–Kier alpha value is -0.810. The van der Waals surface area contributed by atoms with Crippen LogP contribution in [-0.4, -0.2) is 63.8 Å². The number of likely N-dealkylation sites (tertiary alicyclic amines) is 1. The molecule has 1 saturated heterocycles. The highest BCUT2D eigenvalue weighted by atomic mass is 16.5. The van der Waals surface area contributed by atoms with E-state index in [0.29, 0.717) is 5.92 Å². The zero-order valence-electron chi connectivity index (χ0n) is 14.9. The van der Waals surface area contributed by atoms with E-state index >= 15 is 0 Å². The first-order valence-corrected chi connectivity index (χ1v) is 8.97. The van der Waals surface area contributed by atoms with Crippen LogP contribution in [0.5, 0.6) is 0 Å². The predicted octanol–water partition coefficient (Wildman–Crippen LogP) is 2.09. The van der Waals surface area contributed by atoms with Crippen molar-refractivity contribution in [3.63, 3.8) is 0 Å². The van der Waals surface area contributed by atoms with Gasteiger partial charge in [-0.25, -0.2) is 0 Å². The van der Waals surface area contributed by atoms with Crippen molar-refractivity contribution < 1.29 is 4.74 Å². The molecule has 130 valence electrons. The van der Waals surface area contributed by atoms with Gasteiger partial charge in [0.05, 0.1) is 6.61 Å². The van der Waals surface area contributed by atoms with E-state index in [1.54, 1.807) is 0 Å². The Morgan fingerprint density at radius 1 is 1.09 bits per heavy atom. The van der Waals surface area contributed by atoms with Crippen molar-refractivity contribution in [1.82, 2.24) is 15.5 Å². The molecule has 5 heteroatoms. The third kappa shape index (κ3) is 10.0. The lowest BCUT2D eigenvalue weighted by molar-refractivity contribution is 0.128. The van der Waals surface area contributed by atoms with Crippen LogP contribution in [0.1, 0.15) is 46.0 Å². The van der Waals surface area contributed by atoms with E-state index < -0.39 is 0 Å². The minimum absolute atomic E-state index is 0.711. The van der Waals surface area contributed by atoms with Crippen LogP contribution in [0.3, 0.4) is 0 Å². The Labute approximate surface area is 136 Å². The summed E-state index contributed by atoms with van der Waals surface area (Å²) in [6.45, 7) is 11.7. The number of rotatable bonds is 11. The monoisotopic (exact) mass is 312 g/mol. The van der Waals surface area contributed by atoms with Crippen LogP contribution in [0.4, 0.5) is 0 Å². The summed E-state index contributed by atoms with van der Waals surface area (Å²) in [4.78, 5) is 6.81. The molecule has 0 bridgehead atoms. The Morgan fingerprint density at radius 2 is 1.82 bits per heavy atom. The number of hydrogen-bond acceptors (Lipinski definition) is 3. The summed E-state index contributed by atoms with van der Waals surface area (Å²) in [6, 6.07) is 0. The van der Waals surface area contributed by atoms with Gasteiger partial charge in [-0.05, 0) is 57.7 Å². The number of unbranched alkanes of at least 4 members (excludes halogenated alkanes) is 1. The second-order valence-electron chi connectivity index (χ2n) is 6.48. The Balaban J connectivity index is 1.91. The number of nitrogens with one attached hydrogen (secondary N) is 2. The molecule has 0 aliphatic carbocycles. The van der Waals surface area contributed by atoms with Gasteiger partial charge in [-0.3, -0.25) is 4.99 Å². The lowest BCUT2D eigenvalue weighted by atomic mass is 10.1. The smallest absolute Gasteiger partial charge is 0.191 e. The van der Waals surface area contributed by atoms with Gasteiger partial charge in [0.1, 0.15) is 0 Å². The molecule has 1 heterocycles. The standard InChI is InChI=1S/C17H36N4O/c1-16(2)8-14-22-15-10-20-17(18-3)19-9-4-5-11-21-12-6-7-13-21/h16H,4-15H2,1-3H3,(H2,18,19,20). The summed E-state index contributed by atoms with van der Waals surface area (Å²) in [5.74, 6) is 1.59. The van der Waals surface area contributed by atoms with Crippen molar-refractivity contribution in [1.29, 1.82) is 0 Å². The van der Waals surface area contributed by atoms with Crippen molar-refractivity contribution in [3.05, 3.63) is 0 Å². The number of guanidine groups is 1. The van der Waals surface area contributed by atoms with Gasteiger partial charge in [0.15, 0.2) is 5.96 Å². The third-order valence-corrected chi connectivity index (χ3v) is 3.99. The van der Waals surface area contributed by atoms with Gasteiger partial charge < -0.3 is 20.3 Å². The first-order valence-electron chi connectivity index (χ1n) is 8.97. The molecule has 22 heavy (non-hydrogen) atoms. The third-order valence-electron chi connectivity index (χ3n) is 3.99. The predicted molar refractivity (Wildman–Crippen MR) is 94.5 cm³/mol.